The maximum atomic E-state index is 11.0. The highest BCUT2D eigenvalue weighted by atomic mass is 32.2. The van der Waals surface area contributed by atoms with Crippen LogP contribution in [0, 0.1) is 0 Å². The molecule has 1 rings (SSSR count). The SMILES string of the molecule is C=CCS(=O)(=O)NC1CNC1. The van der Waals surface area contributed by atoms with Gasteiger partial charge in [-0.15, -0.1) is 6.58 Å². The molecule has 0 amide bonds. The van der Waals surface area contributed by atoms with Crippen LogP contribution in [-0.4, -0.2) is 33.3 Å². The Bertz CT molecular complexity index is 231. The van der Waals surface area contributed by atoms with Gasteiger partial charge < -0.3 is 5.32 Å². The van der Waals surface area contributed by atoms with Crippen molar-refractivity contribution in [2.75, 3.05) is 18.8 Å². The maximum Gasteiger partial charge on any atom is 0.215 e. The summed E-state index contributed by atoms with van der Waals surface area (Å²) in [4.78, 5) is 0. The second-order valence-electron chi connectivity index (χ2n) is 2.54. The summed E-state index contributed by atoms with van der Waals surface area (Å²) in [6, 6.07) is 0.0833. The topological polar surface area (TPSA) is 58.2 Å². The molecule has 1 heterocycles. The van der Waals surface area contributed by atoms with E-state index in [-0.39, 0.29) is 11.8 Å². The Balaban J connectivity index is 2.38. The smallest absolute Gasteiger partial charge is 0.215 e. The second-order valence-corrected chi connectivity index (χ2v) is 4.34. The van der Waals surface area contributed by atoms with Gasteiger partial charge in [0.1, 0.15) is 0 Å². The highest BCUT2D eigenvalue weighted by molar-refractivity contribution is 7.89. The minimum atomic E-state index is -3.10. The fourth-order valence-electron chi connectivity index (χ4n) is 0.829. The summed E-state index contributed by atoms with van der Waals surface area (Å²) in [6.07, 6.45) is 1.38. The average Bonchev–Trinajstić information content (AvgIpc) is 1.79. The van der Waals surface area contributed by atoms with Crippen LogP contribution < -0.4 is 10.0 Å². The Morgan fingerprint density at radius 2 is 2.27 bits per heavy atom. The summed E-state index contributed by atoms with van der Waals surface area (Å²) in [5.41, 5.74) is 0. The summed E-state index contributed by atoms with van der Waals surface area (Å²) in [6.45, 7) is 4.83. The molecule has 64 valence electrons. The lowest BCUT2D eigenvalue weighted by atomic mass is 10.2. The zero-order chi connectivity index (χ0) is 8.32. The van der Waals surface area contributed by atoms with Crippen LogP contribution in [0.15, 0.2) is 12.7 Å². The molecule has 0 aliphatic carbocycles. The van der Waals surface area contributed by atoms with Crippen molar-refractivity contribution in [1.82, 2.24) is 10.0 Å². The van der Waals surface area contributed by atoms with Crippen molar-refractivity contribution in [2.45, 2.75) is 6.04 Å². The van der Waals surface area contributed by atoms with E-state index in [2.05, 4.69) is 16.6 Å². The maximum absolute atomic E-state index is 11.0. The lowest BCUT2D eigenvalue weighted by Crippen LogP contribution is -2.57. The van der Waals surface area contributed by atoms with Gasteiger partial charge in [-0.25, -0.2) is 13.1 Å². The first kappa shape index (κ1) is 8.70. The molecule has 0 aromatic rings. The van der Waals surface area contributed by atoms with Crippen molar-refractivity contribution in [3.63, 3.8) is 0 Å². The molecule has 1 aliphatic rings. The summed E-state index contributed by atoms with van der Waals surface area (Å²) in [5.74, 6) is 0.00347. The van der Waals surface area contributed by atoms with E-state index in [0.29, 0.717) is 0 Å². The van der Waals surface area contributed by atoms with E-state index in [9.17, 15) is 8.42 Å². The molecule has 5 heteroatoms. The molecule has 0 spiro atoms. The molecule has 4 nitrogen and oxygen atoms in total. The second kappa shape index (κ2) is 3.34. The van der Waals surface area contributed by atoms with E-state index in [1.807, 2.05) is 0 Å². The Morgan fingerprint density at radius 3 is 2.64 bits per heavy atom. The summed E-state index contributed by atoms with van der Waals surface area (Å²) >= 11 is 0. The van der Waals surface area contributed by atoms with Gasteiger partial charge in [0.25, 0.3) is 0 Å². The molecule has 0 unspecified atom stereocenters. The zero-order valence-corrected chi connectivity index (χ0v) is 7.02. The van der Waals surface area contributed by atoms with E-state index in [1.54, 1.807) is 0 Å². The van der Waals surface area contributed by atoms with Gasteiger partial charge in [-0.2, -0.15) is 0 Å². The van der Waals surface area contributed by atoms with Crippen molar-refractivity contribution in [2.24, 2.45) is 0 Å². The lowest BCUT2D eigenvalue weighted by molar-refractivity contribution is 0.411. The first-order chi connectivity index (χ1) is 5.14. The monoisotopic (exact) mass is 176 g/mol. The van der Waals surface area contributed by atoms with Gasteiger partial charge in [0.2, 0.25) is 10.0 Å². The minimum Gasteiger partial charge on any atom is -0.313 e. The van der Waals surface area contributed by atoms with Crippen LogP contribution >= 0.6 is 0 Å². The normalized spacial score (nSPS) is 19.3. The van der Waals surface area contributed by atoms with Gasteiger partial charge in [-0.1, -0.05) is 6.08 Å². The van der Waals surface area contributed by atoms with Crippen molar-refractivity contribution >= 4 is 10.0 Å². The van der Waals surface area contributed by atoms with Crippen molar-refractivity contribution in [3.8, 4) is 0 Å². The number of hydrogen-bond donors (Lipinski definition) is 2. The quantitative estimate of drug-likeness (QED) is 0.544. The van der Waals surface area contributed by atoms with Gasteiger partial charge in [0, 0.05) is 19.1 Å². The van der Waals surface area contributed by atoms with E-state index >= 15 is 0 Å². The van der Waals surface area contributed by atoms with Gasteiger partial charge in [-0.05, 0) is 0 Å². The first-order valence-electron chi connectivity index (χ1n) is 3.45. The number of hydrogen-bond acceptors (Lipinski definition) is 3. The van der Waals surface area contributed by atoms with Crippen molar-refractivity contribution in [3.05, 3.63) is 12.7 Å². The molecule has 0 aromatic carbocycles. The van der Waals surface area contributed by atoms with Crippen LogP contribution in [0.1, 0.15) is 0 Å². The van der Waals surface area contributed by atoms with E-state index in [0.717, 1.165) is 13.1 Å². The van der Waals surface area contributed by atoms with Crippen LogP contribution in [-0.2, 0) is 10.0 Å². The summed E-state index contributed by atoms with van der Waals surface area (Å²) in [5, 5.41) is 2.97. The van der Waals surface area contributed by atoms with Crippen molar-refractivity contribution < 1.29 is 8.42 Å². The molecule has 0 aromatic heterocycles. The van der Waals surface area contributed by atoms with Crippen LogP contribution in [0.3, 0.4) is 0 Å². The average molecular weight is 176 g/mol. The highest BCUT2D eigenvalue weighted by Crippen LogP contribution is 1.94. The summed E-state index contributed by atoms with van der Waals surface area (Å²) in [7, 11) is -3.10. The molecular formula is C6H12N2O2S. The van der Waals surface area contributed by atoms with Gasteiger partial charge in [0.15, 0.2) is 0 Å². The molecule has 2 N–H and O–H groups in total. The molecule has 1 saturated heterocycles. The van der Waals surface area contributed by atoms with Crippen molar-refractivity contribution in [1.29, 1.82) is 0 Å². The van der Waals surface area contributed by atoms with Crippen LogP contribution in [0.4, 0.5) is 0 Å². The zero-order valence-electron chi connectivity index (χ0n) is 6.21. The number of rotatable bonds is 4. The first-order valence-corrected chi connectivity index (χ1v) is 5.11. The van der Waals surface area contributed by atoms with Gasteiger partial charge in [-0.3, -0.25) is 0 Å². The van der Waals surface area contributed by atoms with Crippen LogP contribution in [0.25, 0.3) is 0 Å². The third-order valence-corrected chi connectivity index (χ3v) is 2.83. The molecule has 0 bridgehead atoms. The standard InChI is InChI=1S/C6H12N2O2S/c1-2-3-11(9,10)8-6-4-7-5-6/h2,6-8H,1,3-5H2. The Morgan fingerprint density at radius 1 is 1.64 bits per heavy atom. The van der Waals surface area contributed by atoms with E-state index < -0.39 is 10.0 Å². The Kier molecular flexibility index (Phi) is 2.64. The van der Waals surface area contributed by atoms with Gasteiger partial charge >= 0.3 is 0 Å². The molecular weight excluding hydrogens is 164 g/mol. The fraction of sp³-hybridized carbons (Fsp3) is 0.667. The predicted octanol–water partition coefficient (Wildman–Crippen LogP) is -0.936. The van der Waals surface area contributed by atoms with E-state index in [1.165, 1.54) is 6.08 Å². The molecule has 1 fully saturated rings. The molecule has 11 heavy (non-hydrogen) atoms. The third kappa shape index (κ3) is 2.61. The van der Waals surface area contributed by atoms with Crippen LogP contribution in [0.2, 0.25) is 0 Å². The largest absolute Gasteiger partial charge is 0.313 e. The molecule has 1 aliphatic heterocycles. The minimum absolute atomic E-state index is 0.00347. The van der Waals surface area contributed by atoms with E-state index in [4.69, 9.17) is 0 Å². The third-order valence-electron chi connectivity index (χ3n) is 1.46. The number of nitrogens with one attached hydrogen (secondary N) is 2. The van der Waals surface area contributed by atoms with Gasteiger partial charge in [0.05, 0.1) is 5.75 Å². The highest BCUT2D eigenvalue weighted by Gasteiger charge is 2.21. The summed E-state index contributed by atoms with van der Waals surface area (Å²) < 4.78 is 24.6. The predicted molar refractivity (Wildman–Crippen MR) is 43.8 cm³/mol. The Hall–Kier alpha value is -0.390. The molecule has 0 radical (unpaired) electrons. The van der Waals surface area contributed by atoms with Crippen LogP contribution in [0.5, 0.6) is 0 Å². The molecule has 0 saturated carbocycles. The number of sulfonamides is 1. The lowest BCUT2D eigenvalue weighted by Gasteiger charge is -2.27. The Labute approximate surface area is 66.7 Å². The molecule has 0 atom stereocenters. The fourth-order valence-corrected chi connectivity index (χ4v) is 1.91.